The molecule has 2 aromatic rings. The van der Waals surface area contributed by atoms with Gasteiger partial charge in [0.05, 0.1) is 5.75 Å². The Morgan fingerprint density at radius 3 is 2.70 bits per heavy atom. The van der Waals surface area contributed by atoms with Crippen LogP contribution >= 0.6 is 24.0 Å². The molecule has 0 radical (unpaired) electrons. The van der Waals surface area contributed by atoms with E-state index in [1.165, 1.54) is 0 Å². The largest absolute Gasteiger partial charge is 0.489 e. The first-order valence-corrected chi connectivity index (χ1v) is 8.05. The molecule has 0 spiro atoms. The fourth-order valence-corrected chi connectivity index (χ4v) is 2.86. The van der Waals surface area contributed by atoms with Crippen LogP contribution in [0, 0.1) is 10.8 Å². The number of aromatic amines is 1. The fourth-order valence-electron chi connectivity index (χ4n) is 1.62. The summed E-state index contributed by atoms with van der Waals surface area (Å²) in [6.45, 7) is 4.32. The van der Waals surface area contributed by atoms with Crippen molar-refractivity contribution in [1.82, 2.24) is 10.2 Å². The van der Waals surface area contributed by atoms with Crippen molar-refractivity contribution >= 4 is 24.0 Å². The van der Waals surface area contributed by atoms with E-state index in [1.54, 1.807) is 11.8 Å². The Labute approximate surface area is 127 Å². The number of aromatic nitrogens is 2. The molecule has 1 heterocycles. The van der Waals surface area contributed by atoms with E-state index in [2.05, 4.69) is 24.0 Å². The topological polar surface area (TPSA) is 51.0 Å². The molecule has 4 nitrogen and oxygen atoms in total. The smallest absolute Gasteiger partial charge is 0.284 e. The molecule has 0 aliphatic carbocycles. The quantitative estimate of drug-likeness (QED) is 0.781. The summed E-state index contributed by atoms with van der Waals surface area (Å²) in [5.74, 6) is 3.54. The van der Waals surface area contributed by atoms with Gasteiger partial charge in [-0.1, -0.05) is 32.0 Å². The Bertz CT molecular complexity index is 566. The SMILES string of the molecule is CC(C)C(CSCc1n[nH]c(=S)o1)Oc1ccccc1. The predicted molar refractivity (Wildman–Crippen MR) is 83.5 cm³/mol. The standard InChI is InChI=1S/C14H18N2O2S2/c1-10(2)12(17-11-6-4-3-5-7-11)8-20-9-13-15-16-14(19)18-13/h3-7,10,12H,8-9H2,1-2H3,(H,16,19). The lowest BCUT2D eigenvalue weighted by molar-refractivity contribution is 0.175. The van der Waals surface area contributed by atoms with Crippen molar-refractivity contribution < 1.29 is 9.15 Å². The summed E-state index contributed by atoms with van der Waals surface area (Å²) in [5, 5.41) is 6.61. The number of hydrogen-bond acceptors (Lipinski definition) is 5. The monoisotopic (exact) mass is 310 g/mol. The molecule has 0 aliphatic rings. The second-order valence-corrected chi connectivity index (χ2v) is 6.14. The molecule has 1 atom stereocenters. The van der Waals surface area contributed by atoms with Gasteiger partial charge in [-0.05, 0) is 30.3 Å². The van der Waals surface area contributed by atoms with Crippen LogP contribution in [0.3, 0.4) is 0 Å². The van der Waals surface area contributed by atoms with Crippen molar-refractivity contribution in [3.05, 3.63) is 41.1 Å². The molecule has 0 fully saturated rings. The Morgan fingerprint density at radius 1 is 1.35 bits per heavy atom. The van der Waals surface area contributed by atoms with E-state index in [1.807, 2.05) is 30.3 Å². The van der Waals surface area contributed by atoms with Gasteiger partial charge in [0, 0.05) is 5.75 Å². The summed E-state index contributed by atoms with van der Waals surface area (Å²) < 4.78 is 11.2. The maximum atomic E-state index is 6.02. The van der Waals surface area contributed by atoms with Crippen LogP contribution in [0.5, 0.6) is 5.75 Å². The number of ether oxygens (including phenoxy) is 1. The van der Waals surface area contributed by atoms with Gasteiger partial charge in [0.1, 0.15) is 11.9 Å². The third-order valence-corrected chi connectivity index (χ3v) is 3.95. The summed E-state index contributed by atoms with van der Waals surface area (Å²) in [7, 11) is 0. The van der Waals surface area contributed by atoms with Crippen LogP contribution in [0.4, 0.5) is 0 Å². The van der Waals surface area contributed by atoms with Gasteiger partial charge in [-0.25, -0.2) is 5.10 Å². The number of nitrogens with zero attached hydrogens (tertiary/aromatic N) is 1. The highest BCUT2D eigenvalue weighted by Gasteiger charge is 2.16. The van der Waals surface area contributed by atoms with Crippen molar-refractivity contribution in [2.24, 2.45) is 5.92 Å². The first-order valence-electron chi connectivity index (χ1n) is 6.49. The molecule has 6 heteroatoms. The van der Waals surface area contributed by atoms with Gasteiger partial charge in [0.2, 0.25) is 5.89 Å². The molecule has 0 saturated heterocycles. The highest BCUT2D eigenvalue weighted by Crippen LogP contribution is 2.20. The molecule has 1 unspecified atom stereocenters. The van der Waals surface area contributed by atoms with Gasteiger partial charge < -0.3 is 9.15 Å². The summed E-state index contributed by atoms with van der Waals surface area (Å²) >= 11 is 6.57. The normalized spacial score (nSPS) is 12.6. The van der Waals surface area contributed by atoms with Crippen LogP contribution in [-0.2, 0) is 5.75 Å². The van der Waals surface area contributed by atoms with Gasteiger partial charge in [-0.15, -0.1) is 16.9 Å². The molecule has 1 N–H and O–H groups in total. The van der Waals surface area contributed by atoms with Gasteiger partial charge in [0.15, 0.2) is 0 Å². The fraction of sp³-hybridized carbons (Fsp3) is 0.429. The molecule has 2 rings (SSSR count). The van der Waals surface area contributed by atoms with E-state index in [4.69, 9.17) is 21.4 Å². The lowest BCUT2D eigenvalue weighted by Crippen LogP contribution is -2.25. The van der Waals surface area contributed by atoms with E-state index in [0.717, 1.165) is 11.5 Å². The van der Waals surface area contributed by atoms with Gasteiger partial charge >= 0.3 is 0 Å². The number of hydrogen-bond donors (Lipinski definition) is 1. The molecule has 1 aromatic heterocycles. The lowest BCUT2D eigenvalue weighted by atomic mass is 10.1. The van der Waals surface area contributed by atoms with Gasteiger partial charge in [-0.3, -0.25) is 0 Å². The second kappa shape index (κ2) is 7.50. The molecule has 0 amide bonds. The maximum Gasteiger partial charge on any atom is 0.284 e. The zero-order valence-corrected chi connectivity index (χ0v) is 13.2. The molecule has 0 saturated carbocycles. The number of thioether (sulfide) groups is 1. The minimum atomic E-state index is 0.157. The zero-order valence-electron chi connectivity index (χ0n) is 11.5. The van der Waals surface area contributed by atoms with E-state index >= 15 is 0 Å². The second-order valence-electron chi connectivity index (χ2n) is 4.74. The molecule has 1 aromatic carbocycles. The Morgan fingerprint density at radius 2 is 2.10 bits per heavy atom. The molecule has 0 aliphatic heterocycles. The summed E-state index contributed by atoms with van der Waals surface area (Å²) in [5.41, 5.74) is 0. The lowest BCUT2D eigenvalue weighted by Gasteiger charge is -2.22. The number of nitrogens with one attached hydrogen (secondary N) is 1. The first kappa shape index (κ1) is 15.1. The summed E-state index contributed by atoms with van der Waals surface area (Å²) in [6.07, 6.45) is 0.157. The molecule has 0 bridgehead atoms. The molecule has 108 valence electrons. The third kappa shape index (κ3) is 4.68. The number of benzene rings is 1. The minimum absolute atomic E-state index is 0.157. The summed E-state index contributed by atoms with van der Waals surface area (Å²) in [4.78, 5) is 0.321. The van der Waals surface area contributed by atoms with E-state index in [-0.39, 0.29) is 6.10 Å². The Kier molecular flexibility index (Phi) is 5.67. The molecule has 20 heavy (non-hydrogen) atoms. The zero-order chi connectivity index (χ0) is 14.4. The predicted octanol–water partition coefficient (Wildman–Crippen LogP) is 4.07. The molecular weight excluding hydrogens is 292 g/mol. The number of rotatable bonds is 7. The van der Waals surface area contributed by atoms with E-state index in [9.17, 15) is 0 Å². The average Bonchev–Trinajstić information content (AvgIpc) is 2.84. The number of para-hydroxylation sites is 1. The van der Waals surface area contributed by atoms with Crippen molar-refractivity contribution in [3.8, 4) is 5.75 Å². The third-order valence-electron chi connectivity index (χ3n) is 2.76. The Balaban J connectivity index is 1.85. The first-order chi connectivity index (χ1) is 9.65. The highest BCUT2D eigenvalue weighted by atomic mass is 32.2. The Hall–Kier alpha value is -1.27. The van der Waals surface area contributed by atoms with Gasteiger partial charge in [0.25, 0.3) is 4.84 Å². The van der Waals surface area contributed by atoms with E-state index in [0.29, 0.717) is 22.4 Å². The average molecular weight is 310 g/mol. The van der Waals surface area contributed by atoms with Crippen molar-refractivity contribution in [2.45, 2.75) is 25.7 Å². The van der Waals surface area contributed by atoms with Crippen LogP contribution in [0.25, 0.3) is 0 Å². The van der Waals surface area contributed by atoms with Crippen LogP contribution in [0.2, 0.25) is 0 Å². The minimum Gasteiger partial charge on any atom is -0.489 e. The van der Waals surface area contributed by atoms with Crippen LogP contribution in [0.15, 0.2) is 34.7 Å². The van der Waals surface area contributed by atoms with Gasteiger partial charge in [-0.2, -0.15) is 0 Å². The molecular formula is C14H18N2O2S2. The van der Waals surface area contributed by atoms with Crippen LogP contribution < -0.4 is 4.74 Å². The highest BCUT2D eigenvalue weighted by molar-refractivity contribution is 7.98. The van der Waals surface area contributed by atoms with E-state index < -0.39 is 0 Å². The maximum absolute atomic E-state index is 6.02. The van der Waals surface area contributed by atoms with Crippen LogP contribution in [-0.4, -0.2) is 22.1 Å². The van der Waals surface area contributed by atoms with Crippen molar-refractivity contribution in [2.75, 3.05) is 5.75 Å². The summed E-state index contributed by atoms with van der Waals surface area (Å²) in [6, 6.07) is 9.90. The van der Waals surface area contributed by atoms with Crippen molar-refractivity contribution in [3.63, 3.8) is 0 Å². The number of H-pyrrole nitrogens is 1. The van der Waals surface area contributed by atoms with Crippen molar-refractivity contribution in [1.29, 1.82) is 0 Å². The van der Waals surface area contributed by atoms with Crippen LogP contribution in [0.1, 0.15) is 19.7 Å².